The molecule has 0 fully saturated rings. The molecule has 0 aromatic heterocycles. The van der Waals surface area contributed by atoms with Crippen LogP contribution in [0.3, 0.4) is 0 Å². The lowest BCUT2D eigenvalue weighted by Crippen LogP contribution is -2.48. The zero-order chi connectivity index (χ0) is 19.7. The van der Waals surface area contributed by atoms with Gasteiger partial charge in [0, 0.05) is 19.1 Å². The van der Waals surface area contributed by atoms with Gasteiger partial charge in [0.25, 0.3) is 0 Å². The molecule has 0 spiro atoms. The van der Waals surface area contributed by atoms with Gasteiger partial charge in [0.15, 0.2) is 17.5 Å². The van der Waals surface area contributed by atoms with Crippen molar-refractivity contribution in [3.8, 4) is 11.5 Å². The van der Waals surface area contributed by atoms with Crippen molar-refractivity contribution in [1.82, 2.24) is 15.5 Å². The number of nitrogens with zero attached hydrogens (tertiary/aromatic N) is 2. The molecule has 27 heavy (non-hydrogen) atoms. The van der Waals surface area contributed by atoms with E-state index < -0.39 is 0 Å². The van der Waals surface area contributed by atoms with Crippen LogP contribution in [0, 0.1) is 0 Å². The number of phenolic OH excluding ortho intramolecular Hbond substituents is 1. The first-order valence-corrected chi connectivity index (χ1v) is 8.91. The number of rotatable bonds is 7. The van der Waals surface area contributed by atoms with Crippen LogP contribution in [0.1, 0.15) is 40.2 Å². The first-order valence-electron chi connectivity index (χ1n) is 8.91. The number of aliphatic imine (C=N–C) groups is 1. The molecule has 0 aliphatic heterocycles. The molecule has 1 amide bonds. The Morgan fingerprint density at radius 2 is 1.96 bits per heavy atom. The van der Waals surface area contributed by atoms with Crippen molar-refractivity contribution in [2.45, 2.75) is 46.7 Å². The second kappa shape index (κ2) is 11.9. The van der Waals surface area contributed by atoms with Crippen LogP contribution >= 0.6 is 24.0 Å². The van der Waals surface area contributed by atoms with Crippen LogP contribution in [0.15, 0.2) is 23.2 Å². The number of guanidine groups is 1. The van der Waals surface area contributed by atoms with E-state index in [-0.39, 0.29) is 47.7 Å². The van der Waals surface area contributed by atoms with Crippen molar-refractivity contribution in [3.05, 3.63) is 23.8 Å². The Kier molecular flexibility index (Phi) is 11.1. The van der Waals surface area contributed by atoms with Crippen molar-refractivity contribution in [3.63, 3.8) is 0 Å². The quantitative estimate of drug-likeness (QED) is 0.310. The number of carbonyl (C=O) groups is 1. The second-order valence-corrected chi connectivity index (χ2v) is 7.06. The van der Waals surface area contributed by atoms with Gasteiger partial charge in [-0.2, -0.15) is 0 Å². The third kappa shape index (κ3) is 9.69. The summed E-state index contributed by atoms with van der Waals surface area (Å²) in [6.45, 7) is 11.5. The number of nitrogens with one attached hydrogen (secondary N) is 2. The van der Waals surface area contributed by atoms with Crippen LogP contribution in [-0.2, 0) is 11.3 Å². The van der Waals surface area contributed by atoms with Crippen molar-refractivity contribution in [1.29, 1.82) is 0 Å². The van der Waals surface area contributed by atoms with Gasteiger partial charge >= 0.3 is 0 Å². The van der Waals surface area contributed by atoms with E-state index in [4.69, 9.17) is 4.74 Å². The second-order valence-electron chi connectivity index (χ2n) is 7.06. The van der Waals surface area contributed by atoms with Crippen molar-refractivity contribution >= 4 is 35.8 Å². The van der Waals surface area contributed by atoms with Crippen molar-refractivity contribution in [2.24, 2.45) is 4.99 Å². The predicted molar refractivity (Wildman–Crippen MR) is 120 cm³/mol. The smallest absolute Gasteiger partial charge is 0.240 e. The minimum absolute atomic E-state index is 0. The molecule has 7 nitrogen and oxygen atoms in total. The summed E-state index contributed by atoms with van der Waals surface area (Å²) in [4.78, 5) is 18.5. The summed E-state index contributed by atoms with van der Waals surface area (Å²) in [6, 6.07) is 5.18. The van der Waals surface area contributed by atoms with Crippen LogP contribution in [0.25, 0.3) is 0 Å². The summed E-state index contributed by atoms with van der Waals surface area (Å²) in [7, 11) is 1.83. The lowest BCUT2D eigenvalue weighted by molar-refractivity contribution is -0.122. The normalized spacial score (nSPS) is 11.4. The highest BCUT2D eigenvalue weighted by atomic mass is 127. The van der Waals surface area contributed by atoms with E-state index in [2.05, 4.69) is 15.6 Å². The molecule has 0 heterocycles. The molecule has 1 rings (SSSR count). The van der Waals surface area contributed by atoms with E-state index in [1.165, 1.54) is 0 Å². The number of ether oxygens (including phenoxy) is 1. The van der Waals surface area contributed by atoms with E-state index in [1.807, 2.05) is 41.7 Å². The zero-order valence-corrected chi connectivity index (χ0v) is 19.5. The van der Waals surface area contributed by atoms with E-state index in [9.17, 15) is 9.90 Å². The SMILES string of the molecule is CCNC(=NCc1ccc(O)c(OCC)c1)N(C)CC(=O)NC(C)(C)C.I. The van der Waals surface area contributed by atoms with E-state index in [0.29, 0.717) is 31.4 Å². The van der Waals surface area contributed by atoms with Gasteiger partial charge in [-0.1, -0.05) is 6.07 Å². The highest BCUT2D eigenvalue weighted by Crippen LogP contribution is 2.27. The molecule has 1 aromatic rings. The number of phenols is 1. The average Bonchev–Trinajstić information content (AvgIpc) is 2.52. The number of hydrogen-bond acceptors (Lipinski definition) is 4. The summed E-state index contributed by atoms with van der Waals surface area (Å²) in [6.07, 6.45) is 0. The Hall–Kier alpha value is -1.71. The molecule has 0 saturated heterocycles. The van der Waals surface area contributed by atoms with Crippen molar-refractivity contribution in [2.75, 3.05) is 26.7 Å². The topological polar surface area (TPSA) is 86.2 Å². The molecule has 0 aliphatic carbocycles. The van der Waals surface area contributed by atoms with E-state index in [1.54, 1.807) is 23.1 Å². The first kappa shape index (κ1) is 25.3. The lowest BCUT2D eigenvalue weighted by Gasteiger charge is -2.25. The Balaban J connectivity index is 0.00000676. The fourth-order valence-electron chi connectivity index (χ4n) is 2.31. The minimum Gasteiger partial charge on any atom is -0.504 e. The number of aromatic hydroxyl groups is 1. The monoisotopic (exact) mass is 492 g/mol. The van der Waals surface area contributed by atoms with Crippen LogP contribution in [0.5, 0.6) is 11.5 Å². The molecule has 0 radical (unpaired) electrons. The average molecular weight is 492 g/mol. The Morgan fingerprint density at radius 1 is 1.30 bits per heavy atom. The summed E-state index contributed by atoms with van der Waals surface area (Å²) in [5, 5.41) is 15.9. The molecule has 154 valence electrons. The summed E-state index contributed by atoms with van der Waals surface area (Å²) < 4.78 is 5.40. The summed E-state index contributed by atoms with van der Waals surface area (Å²) in [5.41, 5.74) is 0.643. The first-order chi connectivity index (χ1) is 12.2. The van der Waals surface area contributed by atoms with Crippen LogP contribution in [0.4, 0.5) is 0 Å². The summed E-state index contributed by atoms with van der Waals surface area (Å²) in [5.74, 6) is 1.14. The summed E-state index contributed by atoms with van der Waals surface area (Å²) >= 11 is 0. The third-order valence-electron chi connectivity index (χ3n) is 3.33. The molecular formula is C19H33IN4O3. The molecular weight excluding hydrogens is 459 g/mol. The fraction of sp³-hybridized carbons (Fsp3) is 0.579. The number of carbonyl (C=O) groups excluding carboxylic acids is 1. The van der Waals surface area contributed by atoms with Gasteiger partial charge in [0.1, 0.15) is 0 Å². The van der Waals surface area contributed by atoms with Gasteiger partial charge in [-0.05, 0) is 52.3 Å². The largest absolute Gasteiger partial charge is 0.504 e. The van der Waals surface area contributed by atoms with Crippen LogP contribution in [-0.4, -0.2) is 54.2 Å². The van der Waals surface area contributed by atoms with E-state index >= 15 is 0 Å². The number of likely N-dealkylation sites (N-methyl/N-ethyl adjacent to an activating group) is 1. The molecule has 0 bridgehead atoms. The standard InChI is InChI=1S/C19H32N4O3.HI/c1-7-20-18(23(6)13-17(25)22-19(3,4)5)21-12-14-9-10-15(24)16(11-14)26-8-2;/h9-11,24H,7-8,12-13H2,1-6H3,(H,20,21)(H,22,25);1H. The molecule has 0 saturated carbocycles. The number of benzene rings is 1. The molecule has 3 N–H and O–H groups in total. The highest BCUT2D eigenvalue weighted by molar-refractivity contribution is 14.0. The molecule has 0 atom stereocenters. The zero-order valence-electron chi connectivity index (χ0n) is 17.1. The Morgan fingerprint density at radius 3 is 2.52 bits per heavy atom. The molecule has 0 aliphatic rings. The van der Waals surface area contributed by atoms with Gasteiger partial charge < -0.3 is 25.4 Å². The van der Waals surface area contributed by atoms with Gasteiger partial charge in [0.05, 0.1) is 19.7 Å². The van der Waals surface area contributed by atoms with Crippen molar-refractivity contribution < 1.29 is 14.6 Å². The Bertz CT molecular complexity index is 630. The number of halogens is 1. The Labute approximate surface area is 179 Å². The minimum atomic E-state index is -0.269. The number of hydrogen-bond donors (Lipinski definition) is 3. The highest BCUT2D eigenvalue weighted by Gasteiger charge is 2.16. The molecule has 8 heteroatoms. The van der Waals surface area contributed by atoms with Gasteiger partial charge in [0.2, 0.25) is 5.91 Å². The molecule has 1 aromatic carbocycles. The molecule has 0 unspecified atom stereocenters. The number of amides is 1. The maximum absolute atomic E-state index is 12.1. The van der Waals surface area contributed by atoms with Crippen LogP contribution in [0.2, 0.25) is 0 Å². The van der Waals surface area contributed by atoms with E-state index in [0.717, 1.165) is 5.56 Å². The maximum atomic E-state index is 12.1. The fourth-order valence-corrected chi connectivity index (χ4v) is 2.31. The van der Waals surface area contributed by atoms with Crippen LogP contribution < -0.4 is 15.4 Å². The van der Waals surface area contributed by atoms with Gasteiger partial charge in [-0.25, -0.2) is 4.99 Å². The van der Waals surface area contributed by atoms with Gasteiger partial charge in [-0.15, -0.1) is 24.0 Å². The third-order valence-corrected chi connectivity index (χ3v) is 3.33. The van der Waals surface area contributed by atoms with Gasteiger partial charge in [-0.3, -0.25) is 4.79 Å². The maximum Gasteiger partial charge on any atom is 0.240 e. The lowest BCUT2D eigenvalue weighted by atomic mass is 10.1. The predicted octanol–water partition coefficient (Wildman–Crippen LogP) is 2.72.